The summed E-state index contributed by atoms with van der Waals surface area (Å²) >= 11 is 0.994. The van der Waals surface area contributed by atoms with Crippen LogP contribution in [0.5, 0.6) is 5.88 Å². The first-order valence-electron chi connectivity index (χ1n) is 6.19. The van der Waals surface area contributed by atoms with Crippen LogP contribution in [-0.2, 0) is 12.6 Å². The molecule has 2 aromatic rings. The highest BCUT2D eigenvalue weighted by Gasteiger charge is 2.33. The first-order chi connectivity index (χ1) is 9.99. The lowest BCUT2D eigenvalue weighted by Gasteiger charge is -2.06. The number of aromatic nitrogens is 3. The van der Waals surface area contributed by atoms with Crippen LogP contribution in [-0.4, -0.2) is 28.1 Å². The van der Waals surface area contributed by atoms with E-state index in [0.29, 0.717) is 36.3 Å². The van der Waals surface area contributed by atoms with Crippen molar-refractivity contribution in [1.29, 1.82) is 0 Å². The third-order valence-electron chi connectivity index (χ3n) is 2.42. The number of hydrogen-bond donors (Lipinski definition) is 1. The molecule has 114 valence electrons. The number of nitrogens with one attached hydrogen (secondary N) is 1. The molecule has 0 aliphatic heterocycles. The fraction of sp³-hybridized carbons (Fsp3) is 0.417. The minimum Gasteiger partial charge on any atom is -0.478 e. The Balaban J connectivity index is 1.87. The van der Waals surface area contributed by atoms with Gasteiger partial charge in [0.25, 0.3) is 0 Å². The van der Waals surface area contributed by atoms with Crippen molar-refractivity contribution < 1.29 is 17.9 Å². The Bertz CT molecular complexity index is 588. The number of hydrogen-bond acceptors (Lipinski definition) is 6. The van der Waals surface area contributed by atoms with Crippen molar-refractivity contribution in [3.63, 3.8) is 0 Å². The van der Waals surface area contributed by atoms with Gasteiger partial charge in [-0.1, -0.05) is 0 Å². The van der Waals surface area contributed by atoms with E-state index in [2.05, 4.69) is 20.3 Å². The molecule has 0 atom stereocenters. The predicted octanol–water partition coefficient (Wildman–Crippen LogP) is 3.01. The number of ether oxygens (including phenoxy) is 1. The second-order valence-corrected chi connectivity index (χ2v) is 4.92. The van der Waals surface area contributed by atoms with Crippen molar-refractivity contribution in [3.8, 4) is 5.88 Å². The fourth-order valence-corrected chi connectivity index (χ4v) is 2.32. The standard InChI is InChI=1S/C12H13F3N4OS/c1-2-20-10-5-9(17-7-18-10)16-4-3-11-19-8(6-21-11)12(13,14)15/h5-7H,2-4H2,1H3,(H,16,17,18). The Labute approximate surface area is 123 Å². The lowest BCUT2D eigenvalue weighted by molar-refractivity contribution is -0.140. The smallest absolute Gasteiger partial charge is 0.434 e. The molecule has 0 saturated carbocycles. The zero-order valence-electron chi connectivity index (χ0n) is 11.1. The number of halogens is 3. The van der Waals surface area contributed by atoms with Crippen LogP contribution in [0.15, 0.2) is 17.8 Å². The molecule has 21 heavy (non-hydrogen) atoms. The van der Waals surface area contributed by atoms with E-state index in [0.717, 1.165) is 16.7 Å². The molecule has 0 spiro atoms. The second-order valence-electron chi connectivity index (χ2n) is 3.98. The van der Waals surface area contributed by atoms with Gasteiger partial charge in [0.2, 0.25) is 5.88 Å². The number of nitrogens with zero attached hydrogens (tertiary/aromatic N) is 3. The van der Waals surface area contributed by atoms with Gasteiger partial charge in [-0.15, -0.1) is 11.3 Å². The molecule has 2 rings (SSSR count). The summed E-state index contributed by atoms with van der Waals surface area (Å²) in [5, 5.41) is 4.44. The summed E-state index contributed by atoms with van der Waals surface area (Å²) in [5.41, 5.74) is -0.844. The van der Waals surface area contributed by atoms with Crippen LogP contribution in [0.1, 0.15) is 17.6 Å². The SMILES string of the molecule is CCOc1cc(NCCc2nc(C(F)(F)F)cs2)ncn1. The maximum absolute atomic E-state index is 12.4. The Morgan fingerprint density at radius 2 is 2.14 bits per heavy atom. The Hall–Kier alpha value is -1.90. The van der Waals surface area contributed by atoms with Crippen molar-refractivity contribution in [3.05, 3.63) is 28.5 Å². The molecule has 9 heteroatoms. The number of alkyl halides is 3. The zero-order valence-corrected chi connectivity index (χ0v) is 12.0. The van der Waals surface area contributed by atoms with Crippen LogP contribution in [0.2, 0.25) is 0 Å². The maximum atomic E-state index is 12.4. The second kappa shape index (κ2) is 6.70. The summed E-state index contributed by atoms with van der Waals surface area (Å²) in [6.45, 7) is 2.76. The van der Waals surface area contributed by atoms with E-state index in [9.17, 15) is 13.2 Å². The van der Waals surface area contributed by atoms with Gasteiger partial charge in [-0.05, 0) is 6.92 Å². The van der Waals surface area contributed by atoms with E-state index >= 15 is 0 Å². The molecule has 2 aromatic heterocycles. The van der Waals surface area contributed by atoms with Gasteiger partial charge in [0.05, 0.1) is 11.6 Å². The topological polar surface area (TPSA) is 59.9 Å². The molecule has 0 aliphatic carbocycles. The molecule has 5 nitrogen and oxygen atoms in total. The van der Waals surface area contributed by atoms with E-state index in [1.807, 2.05) is 6.92 Å². The molecule has 0 aliphatic rings. The van der Waals surface area contributed by atoms with Gasteiger partial charge in [-0.2, -0.15) is 13.2 Å². The molecule has 0 bridgehead atoms. The van der Waals surface area contributed by atoms with Gasteiger partial charge in [-0.3, -0.25) is 0 Å². The molecule has 0 fully saturated rings. The van der Waals surface area contributed by atoms with E-state index < -0.39 is 11.9 Å². The van der Waals surface area contributed by atoms with Crippen LogP contribution in [0.25, 0.3) is 0 Å². The van der Waals surface area contributed by atoms with Gasteiger partial charge in [0.1, 0.15) is 12.1 Å². The molecular formula is C12H13F3N4OS. The molecule has 0 radical (unpaired) electrons. The summed E-state index contributed by atoms with van der Waals surface area (Å²) in [4.78, 5) is 11.5. The molecule has 0 unspecified atom stereocenters. The van der Waals surface area contributed by atoms with Crippen LogP contribution >= 0.6 is 11.3 Å². The molecule has 1 N–H and O–H groups in total. The Kier molecular flexibility index (Phi) is 4.94. The highest BCUT2D eigenvalue weighted by molar-refractivity contribution is 7.09. The highest BCUT2D eigenvalue weighted by Crippen LogP contribution is 2.30. The molecular weight excluding hydrogens is 305 g/mol. The van der Waals surface area contributed by atoms with Crippen molar-refractivity contribution in [2.24, 2.45) is 0 Å². The predicted molar refractivity (Wildman–Crippen MR) is 72.5 cm³/mol. The van der Waals surface area contributed by atoms with E-state index in [4.69, 9.17) is 4.74 Å². The maximum Gasteiger partial charge on any atom is 0.434 e. The van der Waals surface area contributed by atoms with Gasteiger partial charge in [0.15, 0.2) is 5.69 Å². The molecule has 2 heterocycles. The van der Waals surface area contributed by atoms with E-state index in [1.165, 1.54) is 6.33 Å². The summed E-state index contributed by atoms with van der Waals surface area (Å²) in [6, 6.07) is 1.63. The minimum absolute atomic E-state index is 0.384. The summed E-state index contributed by atoms with van der Waals surface area (Å²) < 4.78 is 42.4. The number of rotatable bonds is 6. The first-order valence-corrected chi connectivity index (χ1v) is 7.07. The monoisotopic (exact) mass is 318 g/mol. The largest absolute Gasteiger partial charge is 0.478 e. The van der Waals surface area contributed by atoms with Gasteiger partial charge >= 0.3 is 6.18 Å². The summed E-state index contributed by atoms with van der Waals surface area (Å²) in [5.74, 6) is 1.00. The summed E-state index contributed by atoms with van der Waals surface area (Å²) in [7, 11) is 0. The molecule has 0 aromatic carbocycles. The van der Waals surface area contributed by atoms with Crippen LogP contribution in [0.3, 0.4) is 0 Å². The van der Waals surface area contributed by atoms with Gasteiger partial charge in [-0.25, -0.2) is 15.0 Å². The van der Waals surface area contributed by atoms with Crippen molar-refractivity contribution in [2.75, 3.05) is 18.5 Å². The average molecular weight is 318 g/mol. The Morgan fingerprint density at radius 3 is 2.81 bits per heavy atom. The average Bonchev–Trinajstić information content (AvgIpc) is 2.88. The lowest BCUT2D eigenvalue weighted by Crippen LogP contribution is -2.08. The van der Waals surface area contributed by atoms with Crippen molar-refractivity contribution in [2.45, 2.75) is 19.5 Å². The minimum atomic E-state index is -4.39. The van der Waals surface area contributed by atoms with Crippen LogP contribution < -0.4 is 10.1 Å². The quantitative estimate of drug-likeness (QED) is 0.887. The first kappa shape index (κ1) is 15.5. The van der Waals surface area contributed by atoms with Crippen LogP contribution in [0, 0.1) is 0 Å². The lowest BCUT2D eigenvalue weighted by atomic mass is 10.4. The van der Waals surface area contributed by atoms with E-state index in [1.54, 1.807) is 6.07 Å². The molecule has 0 saturated heterocycles. The van der Waals surface area contributed by atoms with Gasteiger partial charge < -0.3 is 10.1 Å². The van der Waals surface area contributed by atoms with Crippen LogP contribution in [0.4, 0.5) is 19.0 Å². The van der Waals surface area contributed by atoms with Crippen molar-refractivity contribution >= 4 is 17.2 Å². The third-order valence-corrected chi connectivity index (χ3v) is 3.33. The van der Waals surface area contributed by atoms with Gasteiger partial charge in [0, 0.05) is 24.4 Å². The fourth-order valence-electron chi connectivity index (χ4n) is 1.52. The zero-order chi connectivity index (χ0) is 15.3. The van der Waals surface area contributed by atoms with E-state index in [-0.39, 0.29) is 0 Å². The highest BCUT2D eigenvalue weighted by atomic mass is 32.1. The normalized spacial score (nSPS) is 11.4. The number of thiazole rings is 1. The Morgan fingerprint density at radius 1 is 1.33 bits per heavy atom. The third kappa shape index (κ3) is 4.55. The molecule has 0 amide bonds. The van der Waals surface area contributed by atoms with Crippen molar-refractivity contribution in [1.82, 2.24) is 15.0 Å². The summed E-state index contributed by atoms with van der Waals surface area (Å²) in [6.07, 6.45) is -2.64. The number of anilines is 1.